The Balaban J connectivity index is 2.54. The summed E-state index contributed by atoms with van der Waals surface area (Å²) in [5.41, 5.74) is 0.491. The smallest absolute Gasteiger partial charge is 0.179 e. The molecule has 86 valence electrons. The van der Waals surface area contributed by atoms with Gasteiger partial charge in [0.05, 0.1) is 5.52 Å². The summed E-state index contributed by atoms with van der Waals surface area (Å²) in [5.74, 6) is 1.38. The van der Waals surface area contributed by atoms with E-state index < -0.39 is 5.60 Å². The number of hydrogen-bond acceptors (Lipinski definition) is 4. The van der Waals surface area contributed by atoms with E-state index >= 15 is 0 Å². The summed E-state index contributed by atoms with van der Waals surface area (Å²) in [6.45, 7) is 3.38. The molecule has 2 N–H and O–H groups in total. The molecule has 5 heteroatoms. The average molecular weight is 220 g/mol. The number of anilines is 1. The minimum Gasteiger partial charge on any atom is -0.383 e. The van der Waals surface area contributed by atoms with Gasteiger partial charge in [0.25, 0.3) is 0 Å². The van der Waals surface area contributed by atoms with E-state index in [-0.39, 0.29) is 0 Å². The Labute approximate surface area is 94.1 Å². The van der Waals surface area contributed by atoms with E-state index in [1.165, 1.54) is 0 Å². The quantitative estimate of drug-likeness (QED) is 0.799. The van der Waals surface area contributed by atoms with Crippen LogP contribution in [0.2, 0.25) is 0 Å². The molecule has 2 rings (SSSR count). The molecule has 0 saturated heterocycles. The number of fused-ring (bicyclic) bond motifs is 1. The van der Waals surface area contributed by atoms with Crippen LogP contribution < -0.4 is 4.90 Å². The van der Waals surface area contributed by atoms with Gasteiger partial charge in [0, 0.05) is 14.1 Å². The van der Waals surface area contributed by atoms with Gasteiger partial charge in [-0.15, -0.1) is 0 Å². The molecule has 0 unspecified atom stereocenters. The van der Waals surface area contributed by atoms with Gasteiger partial charge >= 0.3 is 0 Å². The van der Waals surface area contributed by atoms with Gasteiger partial charge in [0.1, 0.15) is 17.2 Å². The SMILES string of the molecule is CN(C)c1ccc2[nH]c(C(C)(C)O)nc2n1. The fourth-order valence-electron chi connectivity index (χ4n) is 1.42. The molecular formula is C11H16N4O. The number of nitrogens with one attached hydrogen (secondary N) is 1. The molecule has 2 aromatic rings. The fraction of sp³-hybridized carbons (Fsp3) is 0.455. The number of aliphatic hydroxyl groups is 1. The number of pyridine rings is 1. The first kappa shape index (κ1) is 10.9. The minimum absolute atomic E-state index is 0.533. The topological polar surface area (TPSA) is 65.0 Å². The summed E-state index contributed by atoms with van der Waals surface area (Å²) in [5, 5.41) is 9.84. The van der Waals surface area contributed by atoms with E-state index in [2.05, 4.69) is 15.0 Å². The van der Waals surface area contributed by atoms with Gasteiger partial charge in [-0.05, 0) is 26.0 Å². The largest absolute Gasteiger partial charge is 0.383 e. The van der Waals surface area contributed by atoms with Crippen molar-refractivity contribution < 1.29 is 5.11 Å². The van der Waals surface area contributed by atoms with E-state index in [0.29, 0.717) is 11.5 Å². The lowest BCUT2D eigenvalue weighted by Gasteiger charge is -2.12. The molecule has 0 aliphatic carbocycles. The molecule has 2 aromatic heterocycles. The van der Waals surface area contributed by atoms with Crippen molar-refractivity contribution >= 4 is 17.0 Å². The standard InChI is InChI=1S/C11H16N4O/c1-11(2,16)10-12-7-5-6-8(15(3)4)13-9(7)14-10/h5-6,16H,1-4H3,(H,12,13,14). The zero-order valence-electron chi connectivity index (χ0n) is 9.94. The summed E-state index contributed by atoms with van der Waals surface area (Å²) in [6.07, 6.45) is 0. The molecule has 0 aliphatic heterocycles. The fourth-order valence-corrected chi connectivity index (χ4v) is 1.42. The van der Waals surface area contributed by atoms with Gasteiger partial charge in [0.2, 0.25) is 0 Å². The monoisotopic (exact) mass is 220 g/mol. The van der Waals surface area contributed by atoms with Crippen LogP contribution in [0.4, 0.5) is 5.82 Å². The lowest BCUT2D eigenvalue weighted by Crippen LogP contribution is -2.17. The van der Waals surface area contributed by atoms with Crippen molar-refractivity contribution in [2.75, 3.05) is 19.0 Å². The summed E-state index contributed by atoms with van der Waals surface area (Å²) in [6, 6.07) is 3.83. The molecule has 16 heavy (non-hydrogen) atoms. The molecule has 2 heterocycles. The number of H-pyrrole nitrogens is 1. The van der Waals surface area contributed by atoms with Crippen LogP contribution in [-0.2, 0) is 5.60 Å². The van der Waals surface area contributed by atoms with Crippen molar-refractivity contribution in [1.29, 1.82) is 0 Å². The third kappa shape index (κ3) is 1.86. The maximum atomic E-state index is 9.84. The second kappa shape index (κ2) is 3.45. The summed E-state index contributed by atoms with van der Waals surface area (Å²) >= 11 is 0. The van der Waals surface area contributed by atoms with Crippen LogP contribution in [-0.4, -0.2) is 34.2 Å². The summed E-state index contributed by atoms with van der Waals surface area (Å²) < 4.78 is 0. The molecule has 0 amide bonds. The first-order valence-electron chi connectivity index (χ1n) is 5.15. The maximum Gasteiger partial charge on any atom is 0.179 e. The molecule has 0 aliphatic rings. The molecule has 0 bridgehead atoms. The van der Waals surface area contributed by atoms with Crippen LogP contribution >= 0.6 is 0 Å². The third-order valence-electron chi connectivity index (χ3n) is 2.37. The van der Waals surface area contributed by atoms with Crippen LogP contribution in [0.1, 0.15) is 19.7 Å². The van der Waals surface area contributed by atoms with Gasteiger partial charge in [-0.2, -0.15) is 0 Å². The van der Waals surface area contributed by atoms with Crippen LogP contribution in [0.15, 0.2) is 12.1 Å². The Morgan fingerprint density at radius 1 is 1.25 bits per heavy atom. The van der Waals surface area contributed by atoms with Crippen LogP contribution in [0, 0.1) is 0 Å². The predicted octanol–water partition coefficient (Wildman–Crippen LogP) is 1.25. The van der Waals surface area contributed by atoms with Gasteiger partial charge in [-0.25, -0.2) is 9.97 Å². The van der Waals surface area contributed by atoms with Crippen LogP contribution in [0.25, 0.3) is 11.2 Å². The Morgan fingerprint density at radius 3 is 2.50 bits per heavy atom. The highest BCUT2D eigenvalue weighted by Crippen LogP contribution is 2.20. The maximum absolute atomic E-state index is 9.84. The summed E-state index contributed by atoms with van der Waals surface area (Å²) in [7, 11) is 3.86. The van der Waals surface area contributed by atoms with Crippen molar-refractivity contribution in [1.82, 2.24) is 15.0 Å². The number of rotatable bonds is 2. The Hall–Kier alpha value is -1.62. The molecule has 0 atom stereocenters. The van der Waals surface area contributed by atoms with Gasteiger partial charge < -0.3 is 15.0 Å². The van der Waals surface area contributed by atoms with Crippen LogP contribution in [0.3, 0.4) is 0 Å². The van der Waals surface area contributed by atoms with Crippen molar-refractivity contribution in [3.05, 3.63) is 18.0 Å². The van der Waals surface area contributed by atoms with E-state index in [1.54, 1.807) is 13.8 Å². The lowest BCUT2D eigenvalue weighted by atomic mass is 10.1. The predicted molar refractivity (Wildman–Crippen MR) is 63.5 cm³/mol. The lowest BCUT2D eigenvalue weighted by molar-refractivity contribution is 0.0700. The van der Waals surface area contributed by atoms with Gasteiger partial charge in [-0.3, -0.25) is 0 Å². The van der Waals surface area contributed by atoms with Gasteiger partial charge in [-0.1, -0.05) is 0 Å². The zero-order chi connectivity index (χ0) is 11.9. The molecule has 0 fully saturated rings. The highest BCUT2D eigenvalue weighted by atomic mass is 16.3. The Kier molecular flexibility index (Phi) is 2.35. The molecule has 0 aromatic carbocycles. The first-order chi connectivity index (χ1) is 7.38. The first-order valence-corrected chi connectivity index (χ1v) is 5.15. The average Bonchev–Trinajstić information content (AvgIpc) is 2.58. The number of hydrogen-bond donors (Lipinski definition) is 2. The minimum atomic E-state index is -0.973. The van der Waals surface area contributed by atoms with E-state index in [4.69, 9.17) is 0 Å². The van der Waals surface area contributed by atoms with Crippen molar-refractivity contribution in [2.45, 2.75) is 19.4 Å². The number of imidazole rings is 1. The molecule has 0 radical (unpaired) electrons. The highest BCUT2D eigenvalue weighted by Gasteiger charge is 2.20. The van der Waals surface area contributed by atoms with Crippen molar-refractivity contribution in [2.24, 2.45) is 0 Å². The van der Waals surface area contributed by atoms with E-state index in [1.807, 2.05) is 31.1 Å². The number of nitrogens with zero attached hydrogens (tertiary/aromatic N) is 3. The Bertz CT molecular complexity index is 510. The number of aromatic amines is 1. The normalized spacial score (nSPS) is 12.1. The zero-order valence-corrected chi connectivity index (χ0v) is 9.94. The van der Waals surface area contributed by atoms with Gasteiger partial charge in [0.15, 0.2) is 5.65 Å². The summed E-state index contributed by atoms with van der Waals surface area (Å²) in [4.78, 5) is 13.6. The number of aromatic nitrogens is 3. The van der Waals surface area contributed by atoms with Crippen molar-refractivity contribution in [3.63, 3.8) is 0 Å². The molecular weight excluding hydrogens is 204 g/mol. The highest BCUT2D eigenvalue weighted by molar-refractivity contribution is 5.73. The van der Waals surface area contributed by atoms with E-state index in [9.17, 15) is 5.11 Å². The second-order valence-electron chi connectivity index (χ2n) is 4.58. The van der Waals surface area contributed by atoms with Crippen LogP contribution in [0.5, 0.6) is 0 Å². The second-order valence-corrected chi connectivity index (χ2v) is 4.58. The third-order valence-corrected chi connectivity index (χ3v) is 2.37. The molecule has 0 saturated carbocycles. The molecule has 0 spiro atoms. The van der Waals surface area contributed by atoms with E-state index in [0.717, 1.165) is 11.3 Å². The Morgan fingerprint density at radius 2 is 1.94 bits per heavy atom. The molecule has 5 nitrogen and oxygen atoms in total. The van der Waals surface area contributed by atoms with Crippen molar-refractivity contribution in [3.8, 4) is 0 Å².